The van der Waals surface area contributed by atoms with Crippen LogP contribution < -0.4 is 10.2 Å². The standard InChI is InChI=1S/C28H32N4O4S/c33-25(18-20-6-2-1-3-7-20)28(35)32-12-10-21(11-13-32)27-30-23(19-37-27)26(34)29-22-8-4-5-9-24(22)31-14-16-36-17-15-31/h1-9,19,21,25,33H,10-18H2,(H,29,34)/t25-/m1/s1. The SMILES string of the molecule is O=C(Nc1ccccc1N1CCOCC1)c1csc(C2CCN(C(=O)[C@H](O)Cc3ccccc3)CC2)n1. The maximum atomic E-state index is 13.0. The number of para-hydroxylation sites is 2. The Bertz CT molecular complexity index is 1200. The molecule has 3 aromatic rings. The second-order valence-electron chi connectivity index (χ2n) is 9.45. The molecule has 8 nitrogen and oxygen atoms in total. The smallest absolute Gasteiger partial charge is 0.275 e. The van der Waals surface area contributed by atoms with Crippen LogP contribution in [-0.2, 0) is 16.0 Å². The maximum absolute atomic E-state index is 13.0. The van der Waals surface area contributed by atoms with Crippen LogP contribution in [0.4, 0.5) is 11.4 Å². The monoisotopic (exact) mass is 520 g/mol. The van der Waals surface area contributed by atoms with Crippen molar-refractivity contribution >= 4 is 34.5 Å². The molecule has 0 unspecified atom stereocenters. The van der Waals surface area contributed by atoms with E-state index in [0.717, 1.165) is 47.9 Å². The number of rotatable bonds is 7. The lowest BCUT2D eigenvalue weighted by Crippen LogP contribution is -2.44. The van der Waals surface area contributed by atoms with Crippen LogP contribution in [0, 0.1) is 0 Å². The van der Waals surface area contributed by atoms with E-state index in [2.05, 4.69) is 15.2 Å². The summed E-state index contributed by atoms with van der Waals surface area (Å²) in [7, 11) is 0. The van der Waals surface area contributed by atoms with Gasteiger partial charge in [-0.1, -0.05) is 42.5 Å². The zero-order chi connectivity index (χ0) is 25.6. The van der Waals surface area contributed by atoms with Gasteiger partial charge in [-0.25, -0.2) is 4.98 Å². The van der Waals surface area contributed by atoms with Crippen molar-refractivity contribution < 1.29 is 19.4 Å². The molecule has 5 rings (SSSR count). The molecule has 1 aromatic heterocycles. The minimum atomic E-state index is -1.03. The molecule has 37 heavy (non-hydrogen) atoms. The summed E-state index contributed by atoms with van der Waals surface area (Å²) < 4.78 is 5.46. The van der Waals surface area contributed by atoms with E-state index >= 15 is 0 Å². The van der Waals surface area contributed by atoms with E-state index in [9.17, 15) is 14.7 Å². The number of piperidine rings is 1. The minimum Gasteiger partial charge on any atom is -0.383 e. The van der Waals surface area contributed by atoms with Crippen LogP contribution in [0.1, 0.15) is 39.8 Å². The van der Waals surface area contributed by atoms with Crippen molar-refractivity contribution in [2.75, 3.05) is 49.6 Å². The minimum absolute atomic E-state index is 0.197. The van der Waals surface area contributed by atoms with Crippen molar-refractivity contribution in [1.29, 1.82) is 0 Å². The summed E-state index contributed by atoms with van der Waals surface area (Å²) >= 11 is 1.49. The van der Waals surface area contributed by atoms with Gasteiger partial charge in [0.05, 0.1) is 29.6 Å². The van der Waals surface area contributed by atoms with E-state index in [1.165, 1.54) is 11.3 Å². The summed E-state index contributed by atoms with van der Waals surface area (Å²) in [5.74, 6) is -0.247. The second kappa shape index (κ2) is 11.9. The van der Waals surface area contributed by atoms with Crippen LogP contribution in [0.25, 0.3) is 0 Å². The quantitative estimate of drug-likeness (QED) is 0.495. The first kappa shape index (κ1) is 25.4. The Morgan fingerprint density at radius 3 is 2.49 bits per heavy atom. The van der Waals surface area contributed by atoms with Gasteiger partial charge < -0.3 is 25.0 Å². The first-order valence-corrected chi connectivity index (χ1v) is 13.7. The lowest BCUT2D eigenvalue weighted by molar-refractivity contribution is -0.141. The second-order valence-corrected chi connectivity index (χ2v) is 10.3. The van der Waals surface area contributed by atoms with E-state index in [4.69, 9.17) is 4.74 Å². The van der Waals surface area contributed by atoms with Crippen molar-refractivity contribution in [2.24, 2.45) is 0 Å². The highest BCUT2D eigenvalue weighted by Crippen LogP contribution is 2.32. The van der Waals surface area contributed by atoms with Crippen molar-refractivity contribution in [3.05, 3.63) is 76.2 Å². The topological polar surface area (TPSA) is 95.0 Å². The molecule has 0 bridgehead atoms. The number of carbonyl (C=O) groups is 2. The molecule has 1 atom stereocenters. The van der Waals surface area contributed by atoms with Gasteiger partial charge in [0.1, 0.15) is 11.8 Å². The molecule has 2 aliphatic rings. The summed E-state index contributed by atoms with van der Waals surface area (Å²) in [6.45, 7) is 4.07. The molecule has 0 radical (unpaired) electrons. The Kier molecular flexibility index (Phi) is 8.13. The van der Waals surface area contributed by atoms with E-state index in [-0.39, 0.29) is 17.7 Å². The largest absolute Gasteiger partial charge is 0.383 e. The number of nitrogens with one attached hydrogen (secondary N) is 1. The predicted octanol–water partition coefficient (Wildman–Crippen LogP) is 3.54. The molecule has 2 amide bonds. The number of carbonyl (C=O) groups excluding carboxylic acids is 2. The molecule has 0 spiro atoms. The summed E-state index contributed by atoms with van der Waals surface area (Å²) in [4.78, 5) is 34.4. The van der Waals surface area contributed by atoms with Gasteiger partial charge in [0.15, 0.2) is 0 Å². The average molecular weight is 521 g/mol. The summed E-state index contributed by atoms with van der Waals surface area (Å²) in [6, 6.07) is 17.4. The van der Waals surface area contributed by atoms with Crippen LogP contribution in [-0.4, -0.2) is 72.3 Å². The lowest BCUT2D eigenvalue weighted by atomic mass is 9.96. The van der Waals surface area contributed by atoms with Gasteiger partial charge >= 0.3 is 0 Å². The van der Waals surface area contributed by atoms with Gasteiger partial charge in [0.25, 0.3) is 11.8 Å². The maximum Gasteiger partial charge on any atom is 0.275 e. The van der Waals surface area contributed by atoms with Crippen LogP contribution in [0.15, 0.2) is 60.0 Å². The number of likely N-dealkylation sites (tertiary alicyclic amines) is 1. The number of hydrogen-bond acceptors (Lipinski definition) is 7. The van der Waals surface area contributed by atoms with Crippen LogP contribution in [0.5, 0.6) is 0 Å². The van der Waals surface area contributed by atoms with E-state index in [1.54, 1.807) is 4.90 Å². The summed E-state index contributed by atoms with van der Waals surface area (Å²) in [5, 5.41) is 16.2. The third kappa shape index (κ3) is 6.18. The van der Waals surface area contributed by atoms with Gasteiger partial charge in [-0.3, -0.25) is 9.59 Å². The molecule has 2 aromatic carbocycles. The number of nitrogens with zero attached hydrogens (tertiary/aromatic N) is 3. The highest BCUT2D eigenvalue weighted by atomic mass is 32.1. The predicted molar refractivity (Wildman–Crippen MR) is 144 cm³/mol. The van der Waals surface area contributed by atoms with Crippen LogP contribution >= 0.6 is 11.3 Å². The van der Waals surface area contributed by atoms with Gasteiger partial charge in [0.2, 0.25) is 0 Å². The molecule has 194 valence electrons. The summed E-state index contributed by atoms with van der Waals surface area (Å²) in [5.41, 5.74) is 3.11. The fourth-order valence-electron chi connectivity index (χ4n) is 4.91. The fraction of sp³-hybridized carbons (Fsp3) is 0.393. The molecule has 3 heterocycles. The number of hydrogen-bond donors (Lipinski definition) is 2. The average Bonchev–Trinajstić information content (AvgIpc) is 3.45. The Hall–Kier alpha value is -3.27. The van der Waals surface area contributed by atoms with Gasteiger partial charge in [-0.05, 0) is 30.5 Å². The molecule has 0 saturated carbocycles. The molecule has 2 fully saturated rings. The number of aromatic nitrogens is 1. The van der Waals surface area contributed by atoms with E-state index in [1.807, 2.05) is 60.0 Å². The fourth-order valence-corrected chi connectivity index (χ4v) is 5.88. The highest BCUT2D eigenvalue weighted by Gasteiger charge is 2.29. The molecule has 9 heteroatoms. The lowest BCUT2D eigenvalue weighted by Gasteiger charge is -2.32. The van der Waals surface area contributed by atoms with Gasteiger partial charge in [-0.15, -0.1) is 11.3 Å². The molecule has 2 N–H and O–H groups in total. The summed E-state index contributed by atoms with van der Waals surface area (Å²) in [6.07, 6.45) is 0.810. The molecule has 2 aliphatic heterocycles. The molecular weight excluding hydrogens is 488 g/mol. The molecule has 0 aliphatic carbocycles. The molecule has 2 saturated heterocycles. The first-order chi connectivity index (χ1) is 18.1. The number of benzene rings is 2. The highest BCUT2D eigenvalue weighted by molar-refractivity contribution is 7.10. The van der Waals surface area contributed by atoms with Crippen molar-refractivity contribution in [3.8, 4) is 0 Å². The normalized spacial score (nSPS) is 17.4. The zero-order valence-corrected chi connectivity index (χ0v) is 21.5. The number of thiazole rings is 1. The zero-order valence-electron chi connectivity index (χ0n) is 20.7. The first-order valence-electron chi connectivity index (χ1n) is 12.8. The Balaban J connectivity index is 1.16. The van der Waals surface area contributed by atoms with Crippen molar-refractivity contribution in [1.82, 2.24) is 9.88 Å². The van der Waals surface area contributed by atoms with E-state index in [0.29, 0.717) is 38.4 Å². The Morgan fingerprint density at radius 1 is 1.03 bits per heavy atom. The van der Waals surface area contributed by atoms with Crippen LogP contribution in [0.2, 0.25) is 0 Å². The number of aliphatic hydroxyl groups is 1. The third-order valence-corrected chi connectivity index (χ3v) is 7.98. The number of anilines is 2. The third-order valence-electron chi connectivity index (χ3n) is 6.97. The van der Waals surface area contributed by atoms with Gasteiger partial charge in [0, 0.05) is 43.9 Å². The Labute approximate surface area is 220 Å². The number of ether oxygens (including phenoxy) is 1. The number of amides is 2. The number of morpholine rings is 1. The Morgan fingerprint density at radius 2 is 1.73 bits per heavy atom. The molecular formula is C28H32N4O4S. The van der Waals surface area contributed by atoms with Crippen molar-refractivity contribution in [2.45, 2.75) is 31.3 Å². The van der Waals surface area contributed by atoms with Crippen LogP contribution in [0.3, 0.4) is 0 Å². The number of aliphatic hydroxyl groups excluding tert-OH is 1. The van der Waals surface area contributed by atoms with Gasteiger partial charge in [-0.2, -0.15) is 0 Å². The van der Waals surface area contributed by atoms with E-state index < -0.39 is 6.10 Å². The van der Waals surface area contributed by atoms with Crippen molar-refractivity contribution in [3.63, 3.8) is 0 Å².